The van der Waals surface area contributed by atoms with Gasteiger partial charge < -0.3 is 10.1 Å². The summed E-state index contributed by atoms with van der Waals surface area (Å²) in [5.41, 5.74) is 0.915. The van der Waals surface area contributed by atoms with E-state index in [2.05, 4.69) is 17.1 Å². The summed E-state index contributed by atoms with van der Waals surface area (Å²) < 4.78 is 9.18. The van der Waals surface area contributed by atoms with Gasteiger partial charge in [-0.15, -0.1) is 24.8 Å². The Morgan fingerprint density at radius 1 is 1.13 bits per heavy atom. The number of anilines is 1. The van der Waals surface area contributed by atoms with E-state index in [1.165, 1.54) is 12.8 Å². The molecule has 5 rings (SSSR count). The van der Waals surface area contributed by atoms with Crippen LogP contribution >= 0.6 is 24.8 Å². The average Bonchev–Trinajstić information content (AvgIpc) is 3.44. The number of ether oxygens (including phenoxy) is 1. The number of hydrogen-bond acceptors (Lipinski definition) is 6. The van der Waals surface area contributed by atoms with Crippen molar-refractivity contribution in [3.8, 4) is 11.5 Å². The molecule has 1 aliphatic carbocycles. The Bertz CT molecular complexity index is 873. The lowest BCUT2D eigenvalue weighted by Gasteiger charge is -2.28. The molecular formula is C20H32Cl2N6O2. The Labute approximate surface area is 189 Å². The molecule has 0 bridgehead atoms. The lowest BCUT2D eigenvalue weighted by atomic mass is 10.1. The van der Waals surface area contributed by atoms with Crippen molar-refractivity contribution in [2.24, 2.45) is 0 Å². The Morgan fingerprint density at radius 2 is 1.87 bits per heavy atom. The Kier molecular flexibility index (Phi) is 7.66. The topological polar surface area (TPSA) is 77.2 Å². The van der Waals surface area contributed by atoms with Crippen LogP contribution in [0.15, 0.2) is 4.79 Å². The minimum Gasteiger partial charge on any atom is -0.379 e. The molecule has 2 fully saturated rings. The number of nitrogens with zero attached hydrogens (tertiary/aromatic N) is 5. The molecule has 4 heterocycles. The number of hydrogen-bond donors (Lipinski definition) is 1. The number of aromatic nitrogens is 4. The van der Waals surface area contributed by atoms with Gasteiger partial charge in [0.2, 0.25) is 0 Å². The van der Waals surface area contributed by atoms with Gasteiger partial charge in [0.25, 0.3) is 0 Å². The second kappa shape index (κ2) is 9.85. The molecule has 168 valence electrons. The second-order valence-electron chi connectivity index (χ2n) is 8.38. The normalized spacial score (nSPS) is 21.8. The molecule has 1 atom stereocenters. The number of fused-ring (bicyclic) bond motifs is 3. The summed E-state index contributed by atoms with van der Waals surface area (Å²) in [6.07, 6.45) is 5.74. The van der Waals surface area contributed by atoms with E-state index < -0.39 is 0 Å². The summed E-state index contributed by atoms with van der Waals surface area (Å²) in [7, 11) is 0. The number of halogens is 2. The van der Waals surface area contributed by atoms with E-state index in [0.717, 1.165) is 75.3 Å². The fraction of sp³-hybridized carbons (Fsp3) is 0.750. The van der Waals surface area contributed by atoms with Crippen molar-refractivity contribution in [1.82, 2.24) is 24.0 Å². The van der Waals surface area contributed by atoms with Gasteiger partial charge in [-0.25, -0.2) is 14.8 Å². The largest absolute Gasteiger partial charge is 0.379 e. The van der Waals surface area contributed by atoms with E-state index in [1.54, 1.807) is 0 Å². The highest BCUT2D eigenvalue weighted by Crippen LogP contribution is 2.37. The fourth-order valence-electron chi connectivity index (χ4n) is 4.92. The average molecular weight is 459 g/mol. The summed E-state index contributed by atoms with van der Waals surface area (Å²) in [5, 5.41) is 3.60. The van der Waals surface area contributed by atoms with Crippen LogP contribution in [0, 0.1) is 0 Å². The SMILES string of the molecule is CCCn1c2nc(C3CCCC3)nc-2c2n(c1=O)CC(CN1CCOCC1)N2.Cl.Cl. The third-order valence-corrected chi connectivity index (χ3v) is 6.36. The predicted octanol–water partition coefficient (Wildman–Crippen LogP) is 2.58. The molecule has 4 aliphatic heterocycles. The number of imidazole rings is 1. The molecular weight excluding hydrogens is 427 g/mol. The third-order valence-electron chi connectivity index (χ3n) is 6.36. The summed E-state index contributed by atoms with van der Waals surface area (Å²) in [6.45, 7) is 7.89. The van der Waals surface area contributed by atoms with Crippen LogP contribution in [0.2, 0.25) is 0 Å². The van der Waals surface area contributed by atoms with E-state index in [-0.39, 0.29) is 36.5 Å². The van der Waals surface area contributed by atoms with Crippen LogP contribution in [-0.2, 0) is 17.8 Å². The summed E-state index contributed by atoms with van der Waals surface area (Å²) in [6, 6.07) is 0.220. The lowest BCUT2D eigenvalue weighted by molar-refractivity contribution is 0.0360. The molecule has 10 heteroatoms. The summed E-state index contributed by atoms with van der Waals surface area (Å²) in [4.78, 5) is 25.4. The van der Waals surface area contributed by atoms with Crippen molar-refractivity contribution in [2.75, 3.05) is 38.2 Å². The second-order valence-corrected chi connectivity index (χ2v) is 8.38. The van der Waals surface area contributed by atoms with Crippen LogP contribution in [0.4, 0.5) is 5.82 Å². The molecule has 1 saturated carbocycles. The van der Waals surface area contributed by atoms with Crippen molar-refractivity contribution in [2.45, 2.75) is 64.1 Å². The number of rotatable bonds is 5. The Morgan fingerprint density at radius 3 is 2.57 bits per heavy atom. The summed E-state index contributed by atoms with van der Waals surface area (Å²) >= 11 is 0. The van der Waals surface area contributed by atoms with Gasteiger partial charge in [0.05, 0.1) is 25.8 Å². The quantitative estimate of drug-likeness (QED) is 0.741. The maximum absolute atomic E-state index is 13.2. The van der Waals surface area contributed by atoms with Crippen LogP contribution < -0.4 is 11.0 Å². The monoisotopic (exact) mass is 458 g/mol. The number of morpholine rings is 1. The highest BCUT2D eigenvalue weighted by atomic mass is 35.5. The van der Waals surface area contributed by atoms with Gasteiger partial charge in [0.1, 0.15) is 17.3 Å². The first-order valence-electron chi connectivity index (χ1n) is 10.8. The minimum atomic E-state index is 0. The standard InChI is InChI=1S/C20H30N6O2.2ClH/c1-2-7-25-19-16(22-17(23-19)14-5-3-4-6-14)18-21-15(13-26(18)20(25)27)12-24-8-10-28-11-9-24;;/h14-15,21H,2-13H2,1H3;2*1H. The molecule has 0 radical (unpaired) electrons. The van der Waals surface area contributed by atoms with E-state index >= 15 is 0 Å². The maximum atomic E-state index is 13.2. The van der Waals surface area contributed by atoms with Crippen molar-refractivity contribution < 1.29 is 4.74 Å². The maximum Gasteiger partial charge on any atom is 0.331 e. The molecule has 1 saturated heterocycles. The molecule has 30 heavy (non-hydrogen) atoms. The molecule has 1 N–H and O–H groups in total. The first-order chi connectivity index (χ1) is 13.7. The van der Waals surface area contributed by atoms with Crippen LogP contribution in [0.1, 0.15) is 50.8 Å². The van der Waals surface area contributed by atoms with E-state index in [1.807, 2.05) is 9.13 Å². The molecule has 0 aromatic rings. The highest BCUT2D eigenvalue weighted by Gasteiger charge is 2.34. The van der Waals surface area contributed by atoms with Crippen LogP contribution in [0.5, 0.6) is 0 Å². The zero-order valence-corrected chi connectivity index (χ0v) is 19.1. The van der Waals surface area contributed by atoms with Gasteiger partial charge >= 0.3 is 5.69 Å². The van der Waals surface area contributed by atoms with E-state index in [4.69, 9.17) is 14.7 Å². The van der Waals surface area contributed by atoms with Gasteiger partial charge in [-0.2, -0.15) is 0 Å². The van der Waals surface area contributed by atoms with E-state index in [0.29, 0.717) is 19.0 Å². The molecule has 0 amide bonds. The van der Waals surface area contributed by atoms with Crippen LogP contribution in [0.3, 0.4) is 0 Å². The molecule has 0 aromatic carbocycles. The zero-order chi connectivity index (χ0) is 19.1. The molecule has 0 spiro atoms. The van der Waals surface area contributed by atoms with Crippen molar-refractivity contribution >= 4 is 30.6 Å². The van der Waals surface area contributed by atoms with Gasteiger partial charge in [0, 0.05) is 32.1 Å². The lowest BCUT2D eigenvalue weighted by Crippen LogP contribution is -2.43. The smallest absolute Gasteiger partial charge is 0.331 e. The van der Waals surface area contributed by atoms with Crippen LogP contribution in [0.25, 0.3) is 11.5 Å². The minimum absolute atomic E-state index is 0. The Hall–Kier alpha value is -1.35. The first kappa shape index (κ1) is 23.3. The van der Waals surface area contributed by atoms with Crippen molar-refractivity contribution in [1.29, 1.82) is 0 Å². The van der Waals surface area contributed by atoms with Crippen molar-refractivity contribution in [3.63, 3.8) is 0 Å². The fourth-order valence-corrected chi connectivity index (χ4v) is 4.92. The van der Waals surface area contributed by atoms with Crippen LogP contribution in [-0.4, -0.2) is 62.9 Å². The van der Waals surface area contributed by atoms with Gasteiger partial charge in [-0.3, -0.25) is 14.0 Å². The molecule has 8 nitrogen and oxygen atoms in total. The predicted molar refractivity (Wildman–Crippen MR) is 122 cm³/mol. The number of nitrogens with one attached hydrogen (secondary N) is 1. The van der Waals surface area contributed by atoms with E-state index in [9.17, 15) is 4.79 Å². The molecule has 1 unspecified atom stereocenters. The molecule has 0 aromatic heterocycles. The van der Waals surface area contributed by atoms with Crippen molar-refractivity contribution in [3.05, 3.63) is 16.3 Å². The van der Waals surface area contributed by atoms with Gasteiger partial charge in [-0.05, 0) is 19.3 Å². The van der Waals surface area contributed by atoms with Gasteiger partial charge in [0.15, 0.2) is 5.82 Å². The summed E-state index contributed by atoms with van der Waals surface area (Å²) in [5.74, 6) is 3.01. The first-order valence-corrected chi connectivity index (χ1v) is 10.8. The Balaban J connectivity index is 0.00000128. The highest BCUT2D eigenvalue weighted by molar-refractivity contribution is 5.85. The molecule has 5 aliphatic rings. The third kappa shape index (κ3) is 4.20. The van der Waals surface area contributed by atoms with Gasteiger partial charge in [-0.1, -0.05) is 19.8 Å². The zero-order valence-electron chi connectivity index (χ0n) is 17.5.